The summed E-state index contributed by atoms with van der Waals surface area (Å²) in [4.78, 5) is 12.1. The molecule has 1 N–H and O–H groups in total. The van der Waals surface area contributed by atoms with Crippen LogP contribution in [0.25, 0.3) is 0 Å². The van der Waals surface area contributed by atoms with Crippen LogP contribution in [0.4, 0.5) is 0 Å². The SMILES string of the molecule is C=CCn1cnnc1SCC(=O)NC(C)c1ccc(Cl)cc1Cl. The van der Waals surface area contributed by atoms with Crippen LogP contribution in [0.3, 0.4) is 0 Å². The second kappa shape index (κ2) is 8.38. The van der Waals surface area contributed by atoms with Crippen LogP contribution in [0.1, 0.15) is 18.5 Å². The Hall–Kier alpha value is -1.50. The van der Waals surface area contributed by atoms with Gasteiger partial charge < -0.3 is 9.88 Å². The van der Waals surface area contributed by atoms with Gasteiger partial charge in [-0.25, -0.2) is 0 Å². The van der Waals surface area contributed by atoms with Gasteiger partial charge in [-0.15, -0.1) is 16.8 Å². The minimum atomic E-state index is -0.209. The zero-order valence-electron chi connectivity index (χ0n) is 12.5. The van der Waals surface area contributed by atoms with E-state index in [2.05, 4.69) is 22.1 Å². The van der Waals surface area contributed by atoms with Gasteiger partial charge in [0.15, 0.2) is 5.16 Å². The highest BCUT2D eigenvalue weighted by Crippen LogP contribution is 2.26. The van der Waals surface area contributed by atoms with E-state index in [0.29, 0.717) is 21.7 Å². The van der Waals surface area contributed by atoms with E-state index in [0.717, 1.165) is 5.56 Å². The second-order valence-electron chi connectivity index (χ2n) is 4.80. The molecule has 5 nitrogen and oxygen atoms in total. The van der Waals surface area contributed by atoms with Gasteiger partial charge in [0.2, 0.25) is 5.91 Å². The number of amides is 1. The normalized spacial score (nSPS) is 12.0. The molecule has 8 heteroatoms. The lowest BCUT2D eigenvalue weighted by Gasteiger charge is -2.15. The quantitative estimate of drug-likeness (QED) is 0.595. The molecule has 0 saturated heterocycles. The van der Waals surface area contributed by atoms with Crippen molar-refractivity contribution >= 4 is 40.9 Å². The average Bonchev–Trinajstić information content (AvgIpc) is 2.92. The monoisotopic (exact) mass is 370 g/mol. The molecule has 0 bridgehead atoms. The van der Waals surface area contributed by atoms with Crippen LogP contribution in [0.5, 0.6) is 0 Å². The molecule has 0 aliphatic heterocycles. The second-order valence-corrected chi connectivity index (χ2v) is 6.58. The predicted octanol–water partition coefficient (Wildman–Crippen LogP) is 3.74. The van der Waals surface area contributed by atoms with Gasteiger partial charge in [-0.1, -0.05) is 47.1 Å². The Balaban J connectivity index is 1.91. The number of hydrogen-bond acceptors (Lipinski definition) is 4. The highest BCUT2D eigenvalue weighted by molar-refractivity contribution is 7.99. The molecule has 1 atom stereocenters. The maximum atomic E-state index is 12.1. The van der Waals surface area contributed by atoms with Gasteiger partial charge in [0.1, 0.15) is 6.33 Å². The van der Waals surface area contributed by atoms with Gasteiger partial charge in [0.05, 0.1) is 11.8 Å². The average molecular weight is 371 g/mol. The Morgan fingerprint density at radius 3 is 3.00 bits per heavy atom. The molecule has 1 unspecified atom stereocenters. The van der Waals surface area contributed by atoms with Crippen LogP contribution in [-0.4, -0.2) is 26.4 Å². The summed E-state index contributed by atoms with van der Waals surface area (Å²) in [6.07, 6.45) is 3.36. The number of halogens is 2. The third kappa shape index (κ3) is 4.99. The first kappa shape index (κ1) is 17.8. The highest BCUT2D eigenvalue weighted by Gasteiger charge is 2.14. The van der Waals surface area contributed by atoms with Crippen LogP contribution in [0.15, 0.2) is 42.3 Å². The lowest BCUT2D eigenvalue weighted by Crippen LogP contribution is -2.28. The first-order chi connectivity index (χ1) is 11.0. The van der Waals surface area contributed by atoms with Gasteiger partial charge in [-0.05, 0) is 24.6 Å². The Kier molecular flexibility index (Phi) is 6.50. The van der Waals surface area contributed by atoms with Crippen molar-refractivity contribution in [1.82, 2.24) is 20.1 Å². The summed E-state index contributed by atoms with van der Waals surface area (Å²) < 4.78 is 1.82. The fraction of sp³-hybridized carbons (Fsp3) is 0.267. The Morgan fingerprint density at radius 1 is 1.52 bits per heavy atom. The van der Waals surface area contributed by atoms with Crippen molar-refractivity contribution in [2.45, 2.75) is 24.7 Å². The van der Waals surface area contributed by atoms with Gasteiger partial charge in [0, 0.05) is 16.6 Å². The molecule has 0 spiro atoms. The molecule has 1 aromatic carbocycles. The molecule has 0 radical (unpaired) electrons. The third-order valence-electron chi connectivity index (χ3n) is 3.04. The summed E-state index contributed by atoms with van der Waals surface area (Å²) in [5, 5.41) is 12.5. The number of allylic oxidation sites excluding steroid dienone is 1. The Bertz CT molecular complexity index is 705. The molecule has 1 heterocycles. The molecule has 0 aliphatic carbocycles. The minimum Gasteiger partial charge on any atom is -0.349 e. The number of benzene rings is 1. The number of hydrogen-bond donors (Lipinski definition) is 1. The van der Waals surface area contributed by atoms with Crippen molar-refractivity contribution in [1.29, 1.82) is 0 Å². The van der Waals surface area contributed by atoms with Crippen molar-refractivity contribution in [3.05, 3.63) is 52.8 Å². The zero-order chi connectivity index (χ0) is 16.8. The van der Waals surface area contributed by atoms with Gasteiger partial charge >= 0.3 is 0 Å². The van der Waals surface area contributed by atoms with E-state index in [-0.39, 0.29) is 17.7 Å². The summed E-state index contributed by atoms with van der Waals surface area (Å²) in [6, 6.07) is 5.01. The fourth-order valence-electron chi connectivity index (χ4n) is 1.96. The minimum absolute atomic E-state index is 0.110. The van der Waals surface area contributed by atoms with E-state index < -0.39 is 0 Å². The van der Waals surface area contributed by atoms with Gasteiger partial charge in [0.25, 0.3) is 0 Å². The molecule has 2 aromatic rings. The molecule has 23 heavy (non-hydrogen) atoms. The number of thioether (sulfide) groups is 1. The Morgan fingerprint density at radius 2 is 2.30 bits per heavy atom. The third-order valence-corrected chi connectivity index (χ3v) is 4.59. The summed E-state index contributed by atoms with van der Waals surface area (Å²) in [6.45, 7) is 6.15. The topological polar surface area (TPSA) is 59.8 Å². The maximum Gasteiger partial charge on any atom is 0.230 e. The van der Waals surface area contributed by atoms with Crippen LogP contribution < -0.4 is 5.32 Å². The largest absolute Gasteiger partial charge is 0.349 e. The van der Waals surface area contributed by atoms with E-state index >= 15 is 0 Å². The standard InChI is InChI=1S/C15H16Cl2N4OS/c1-3-6-21-9-18-20-15(21)23-8-14(22)19-10(2)12-5-4-11(16)7-13(12)17/h3-5,7,9-10H,1,6,8H2,2H3,(H,19,22). The first-order valence-corrected chi connectivity index (χ1v) is 8.61. The molecular weight excluding hydrogens is 355 g/mol. The first-order valence-electron chi connectivity index (χ1n) is 6.87. The number of rotatable bonds is 7. The van der Waals surface area contributed by atoms with Crippen molar-refractivity contribution < 1.29 is 4.79 Å². The molecule has 0 saturated carbocycles. The molecular formula is C15H16Cl2N4OS. The fourth-order valence-corrected chi connectivity index (χ4v) is 3.27. The van der Waals surface area contributed by atoms with E-state index in [1.165, 1.54) is 11.8 Å². The van der Waals surface area contributed by atoms with Crippen LogP contribution in [0.2, 0.25) is 10.0 Å². The van der Waals surface area contributed by atoms with E-state index in [4.69, 9.17) is 23.2 Å². The molecule has 0 fully saturated rings. The van der Waals surface area contributed by atoms with E-state index in [9.17, 15) is 4.79 Å². The summed E-state index contributed by atoms with van der Waals surface area (Å²) in [7, 11) is 0. The highest BCUT2D eigenvalue weighted by atomic mass is 35.5. The van der Waals surface area contributed by atoms with Crippen molar-refractivity contribution in [3.63, 3.8) is 0 Å². The van der Waals surface area contributed by atoms with E-state index in [1.807, 2.05) is 17.6 Å². The maximum absolute atomic E-state index is 12.1. The molecule has 1 aromatic heterocycles. The van der Waals surface area contributed by atoms with Crippen LogP contribution in [0, 0.1) is 0 Å². The van der Waals surface area contributed by atoms with Gasteiger partial charge in [-0.2, -0.15) is 0 Å². The smallest absolute Gasteiger partial charge is 0.230 e. The van der Waals surface area contributed by atoms with Crippen molar-refractivity contribution in [2.75, 3.05) is 5.75 Å². The molecule has 0 aliphatic rings. The summed E-state index contributed by atoms with van der Waals surface area (Å²) in [5.74, 6) is 0.132. The zero-order valence-corrected chi connectivity index (χ0v) is 14.8. The summed E-state index contributed by atoms with van der Waals surface area (Å²) in [5.41, 5.74) is 0.823. The van der Waals surface area contributed by atoms with Crippen LogP contribution in [-0.2, 0) is 11.3 Å². The lowest BCUT2D eigenvalue weighted by molar-refractivity contribution is -0.119. The molecule has 1 amide bonds. The molecule has 122 valence electrons. The predicted molar refractivity (Wildman–Crippen MR) is 94.0 cm³/mol. The van der Waals surface area contributed by atoms with Gasteiger partial charge in [-0.3, -0.25) is 4.79 Å². The van der Waals surface area contributed by atoms with Crippen molar-refractivity contribution in [3.8, 4) is 0 Å². The number of carbonyl (C=O) groups excluding carboxylic acids is 1. The van der Waals surface area contributed by atoms with E-state index in [1.54, 1.807) is 24.5 Å². The van der Waals surface area contributed by atoms with Crippen molar-refractivity contribution in [2.24, 2.45) is 0 Å². The van der Waals surface area contributed by atoms with Crippen LogP contribution >= 0.6 is 35.0 Å². The number of nitrogens with zero attached hydrogens (tertiary/aromatic N) is 3. The number of carbonyl (C=O) groups is 1. The Labute approximate surface area is 149 Å². The number of nitrogens with one attached hydrogen (secondary N) is 1. The molecule has 2 rings (SSSR count). The summed E-state index contributed by atoms with van der Waals surface area (Å²) >= 11 is 13.3. The number of aromatic nitrogens is 3. The lowest BCUT2D eigenvalue weighted by atomic mass is 10.1.